The van der Waals surface area contributed by atoms with Crippen LogP contribution < -0.4 is 10.1 Å². The number of carboxylic acid groups (broad SMARTS) is 1. The average molecular weight is 305 g/mol. The van der Waals surface area contributed by atoms with E-state index in [1.54, 1.807) is 12.1 Å². The lowest BCUT2D eigenvalue weighted by Crippen LogP contribution is -2.22. The van der Waals surface area contributed by atoms with E-state index in [0.29, 0.717) is 31.9 Å². The zero-order valence-corrected chi connectivity index (χ0v) is 11.6. The summed E-state index contributed by atoms with van der Waals surface area (Å²) < 4.78 is 5.37. The van der Waals surface area contributed by atoms with Crippen LogP contribution in [0.1, 0.15) is 12.8 Å². The number of carbonyl (C=O) groups is 1. The van der Waals surface area contributed by atoms with Gasteiger partial charge < -0.3 is 15.2 Å². The maximum absolute atomic E-state index is 10.4. The summed E-state index contributed by atoms with van der Waals surface area (Å²) in [5, 5.41) is 21.9. The molecular weight excluding hydrogens is 288 g/mol. The maximum Gasteiger partial charge on any atom is 0.303 e. The number of ether oxygens (including phenoxy) is 1. The summed E-state index contributed by atoms with van der Waals surface area (Å²) in [6, 6.07) is 5.86. The number of rotatable bonds is 9. The summed E-state index contributed by atoms with van der Waals surface area (Å²) in [5.74, 6) is -0.234. The van der Waals surface area contributed by atoms with Gasteiger partial charge in [-0.2, -0.15) is 0 Å². The summed E-state index contributed by atoms with van der Waals surface area (Å²) in [6.45, 7) is 1.64. The van der Waals surface area contributed by atoms with Gasteiger partial charge in [0.25, 0.3) is 5.69 Å². The minimum Gasteiger partial charge on any atom is -0.492 e. The molecule has 0 unspecified atom stereocenters. The topological polar surface area (TPSA) is 102 Å². The lowest BCUT2D eigenvalue weighted by molar-refractivity contribution is -0.384. The van der Waals surface area contributed by atoms with Crippen molar-refractivity contribution in [3.8, 4) is 5.75 Å². The van der Waals surface area contributed by atoms with E-state index in [-0.39, 0.29) is 24.5 Å². The van der Waals surface area contributed by atoms with Gasteiger partial charge in [0, 0.05) is 25.1 Å². The third kappa shape index (κ3) is 7.55. The molecule has 0 saturated heterocycles. The highest BCUT2D eigenvalue weighted by Crippen LogP contribution is 2.16. The Morgan fingerprint density at radius 1 is 1.30 bits per heavy atom. The Kier molecular flexibility index (Phi) is 9.06. The second-order valence-corrected chi connectivity index (χ2v) is 3.85. The predicted molar refractivity (Wildman–Crippen MR) is 75.6 cm³/mol. The lowest BCUT2D eigenvalue weighted by Gasteiger charge is -2.06. The Bertz CT molecular complexity index is 424. The van der Waals surface area contributed by atoms with Crippen molar-refractivity contribution in [3.05, 3.63) is 34.4 Å². The standard InChI is InChI=1S/C12H16N2O5.ClH/c15-12(16)2-1-7-13-8-9-19-11-5-3-10(4-6-11)14(17)18;/h3-6,13H,1-2,7-9H2,(H,15,16);1H. The van der Waals surface area contributed by atoms with Gasteiger partial charge in [-0.3, -0.25) is 14.9 Å². The van der Waals surface area contributed by atoms with E-state index in [9.17, 15) is 14.9 Å². The average Bonchev–Trinajstić information content (AvgIpc) is 2.38. The first kappa shape index (κ1) is 18.1. The van der Waals surface area contributed by atoms with Crippen LogP contribution in [0.4, 0.5) is 5.69 Å². The molecule has 0 heterocycles. The quantitative estimate of drug-likeness (QED) is 0.410. The smallest absolute Gasteiger partial charge is 0.303 e. The van der Waals surface area contributed by atoms with Crippen molar-refractivity contribution in [2.75, 3.05) is 19.7 Å². The molecule has 0 fully saturated rings. The number of nitro groups is 1. The molecule has 0 radical (unpaired) electrons. The fraction of sp³-hybridized carbons (Fsp3) is 0.417. The molecule has 1 aromatic carbocycles. The summed E-state index contributed by atoms with van der Waals surface area (Å²) in [5.41, 5.74) is 0.0270. The van der Waals surface area contributed by atoms with E-state index in [2.05, 4.69) is 5.32 Å². The van der Waals surface area contributed by atoms with Gasteiger partial charge in [-0.1, -0.05) is 0 Å². The summed E-state index contributed by atoms with van der Waals surface area (Å²) in [7, 11) is 0. The van der Waals surface area contributed by atoms with Gasteiger partial charge in [0.1, 0.15) is 12.4 Å². The number of hydrogen-bond donors (Lipinski definition) is 2. The molecule has 1 aromatic rings. The van der Waals surface area contributed by atoms with Crippen LogP contribution in [-0.2, 0) is 4.79 Å². The molecule has 0 aromatic heterocycles. The molecular formula is C12H17ClN2O5. The molecule has 0 amide bonds. The molecule has 0 bridgehead atoms. The Hall–Kier alpha value is -1.86. The summed E-state index contributed by atoms with van der Waals surface area (Å²) in [4.78, 5) is 20.2. The number of carboxylic acids is 1. The number of nitrogens with one attached hydrogen (secondary N) is 1. The highest BCUT2D eigenvalue weighted by atomic mass is 35.5. The predicted octanol–water partition coefficient (Wildman–Crippen LogP) is 1.85. The van der Waals surface area contributed by atoms with Crippen LogP contribution in [0, 0.1) is 10.1 Å². The van der Waals surface area contributed by atoms with Gasteiger partial charge in [-0.05, 0) is 25.1 Å². The Morgan fingerprint density at radius 2 is 1.95 bits per heavy atom. The molecule has 0 atom stereocenters. The summed E-state index contributed by atoms with van der Waals surface area (Å²) in [6.07, 6.45) is 0.725. The number of hydrogen-bond acceptors (Lipinski definition) is 5. The van der Waals surface area contributed by atoms with Crippen LogP contribution in [0.2, 0.25) is 0 Å². The van der Waals surface area contributed by atoms with Crippen molar-refractivity contribution in [3.63, 3.8) is 0 Å². The molecule has 2 N–H and O–H groups in total. The van der Waals surface area contributed by atoms with Crippen molar-refractivity contribution in [1.29, 1.82) is 0 Å². The first-order valence-electron chi connectivity index (χ1n) is 5.89. The lowest BCUT2D eigenvalue weighted by atomic mass is 10.3. The monoisotopic (exact) mass is 304 g/mol. The second kappa shape index (κ2) is 9.99. The van der Waals surface area contributed by atoms with Crippen LogP contribution in [0.5, 0.6) is 5.75 Å². The van der Waals surface area contributed by atoms with Crippen molar-refractivity contribution in [2.45, 2.75) is 12.8 Å². The van der Waals surface area contributed by atoms with Gasteiger partial charge in [-0.15, -0.1) is 12.4 Å². The first-order chi connectivity index (χ1) is 9.09. The molecule has 0 aliphatic rings. The molecule has 20 heavy (non-hydrogen) atoms. The highest BCUT2D eigenvalue weighted by molar-refractivity contribution is 5.85. The number of halogens is 1. The van der Waals surface area contributed by atoms with E-state index in [0.717, 1.165) is 0 Å². The fourth-order valence-corrected chi connectivity index (χ4v) is 1.39. The number of benzene rings is 1. The van der Waals surface area contributed by atoms with Crippen LogP contribution in [0.15, 0.2) is 24.3 Å². The molecule has 7 nitrogen and oxygen atoms in total. The third-order valence-electron chi connectivity index (χ3n) is 2.34. The van der Waals surface area contributed by atoms with Crippen LogP contribution in [0.3, 0.4) is 0 Å². The molecule has 0 aliphatic heterocycles. The molecule has 112 valence electrons. The van der Waals surface area contributed by atoms with Crippen LogP contribution >= 0.6 is 12.4 Å². The van der Waals surface area contributed by atoms with Gasteiger partial charge in [0.15, 0.2) is 0 Å². The van der Waals surface area contributed by atoms with Gasteiger partial charge >= 0.3 is 5.97 Å². The van der Waals surface area contributed by atoms with E-state index >= 15 is 0 Å². The number of nitrogens with zero attached hydrogens (tertiary/aromatic N) is 1. The Labute approximate surface area is 122 Å². The van der Waals surface area contributed by atoms with Crippen LogP contribution in [0.25, 0.3) is 0 Å². The van der Waals surface area contributed by atoms with Gasteiger partial charge in [-0.25, -0.2) is 0 Å². The third-order valence-corrected chi connectivity index (χ3v) is 2.34. The summed E-state index contributed by atoms with van der Waals surface area (Å²) >= 11 is 0. The molecule has 8 heteroatoms. The maximum atomic E-state index is 10.4. The van der Waals surface area contributed by atoms with E-state index in [1.165, 1.54) is 12.1 Å². The molecule has 0 spiro atoms. The van der Waals surface area contributed by atoms with Crippen molar-refractivity contribution in [1.82, 2.24) is 5.32 Å². The van der Waals surface area contributed by atoms with Crippen molar-refractivity contribution in [2.24, 2.45) is 0 Å². The minimum atomic E-state index is -0.802. The molecule has 1 rings (SSSR count). The minimum absolute atomic E-state index is 0. The Morgan fingerprint density at radius 3 is 2.50 bits per heavy atom. The zero-order chi connectivity index (χ0) is 14.1. The van der Waals surface area contributed by atoms with Crippen molar-refractivity contribution >= 4 is 24.1 Å². The number of aliphatic carboxylic acids is 1. The normalized spacial score (nSPS) is 9.60. The van der Waals surface area contributed by atoms with Gasteiger partial charge in [0.2, 0.25) is 0 Å². The van der Waals surface area contributed by atoms with Gasteiger partial charge in [0.05, 0.1) is 4.92 Å². The second-order valence-electron chi connectivity index (χ2n) is 3.85. The van der Waals surface area contributed by atoms with E-state index < -0.39 is 10.9 Å². The first-order valence-corrected chi connectivity index (χ1v) is 5.89. The van der Waals surface area contributed by atoms with E-state index in [4.69, 9.17) is 9.84 Å². The molecule has 0 aliphatic carbocycles. The fourth-order valence-electron chi connectivity index (χ4n) is 1.39. The molecule has 0 saturated carbocycles. The Balaban J connectivity index is 0.00000361. The van der Waals surface area contributed by atoms with Crippen molar-refractivity contribution < 1.29 is 19.6 Å². The number of nitro benzene ring substituents is 1. The SMILES string of the molecule is Cl.O=C(O)CCCNCCOc1ccc([N+](=O)[O-])cc1. The van der Waals surface area contributed by atoms with E-state index in [1.807, 2.05) is 0 Å². The number of non-ortho nitro benzene ring substituents is 1. The highest BCUT2D eigenvalue weighted by Gasteiger charge is 2.03. The van der Waals surface area contributed by atoms with Crippen LogP contribution in [-0.4, -0.2) is 35.7 Å². The largest absolute Gasteiger partial charge is 0.492 e. The zero-order valence-electron chi connectivity index (χ0n) is 10.8.